The van der Waals surface area contributed by atoms with Crippen molar-refractivity contribution in [1.82, 2.24) is 0 Å². The Hall–Kier alpha value is -1.36. The average Bonchev–Trinajstić information content (AvgIpc) is 2.41. The SMILES string of the molecule is COc1c(O)c(C)c(CC=C(C)CBr)c(O)c1OC. The van der Waals surface area contributed by atoms with Crippen molar-refractivity contribution in [3.05, 3.63) is 22.8 Å². The highest BCUT2D eigenvalue weighted by Crippen LogP contribution is 2.48. The van der Waals surface area contributed by atoms with Gasteiger partial charge < -0.3 is 19.7 Å². The first kappa shape index (κ1) is 15.7. The molecule has 1 aromatic rings. The van der Waals surface area contributed by atoms with Crippen LogP contribution in [0.2, 0.25) is 0 Å². The predicted molar refractivity (Wildman–Crippen MR) is 78.9 cm³/mol. The normalized spacial score (nSPS) is 11.5. The van der Waals surface area contributed by atoms with Gasteiger partial charge in [-0.05, 0) is 20.3 Å². The molecule has 19 heavy (non-hydrogen) atoms. The Bertz CT molecular complexity index is 495. The fraction of sp³-hybridized carbons (Fsp3) is 0.429. The fourth-order valence-electron chi connectivity index (χ4n) is 1.80. The van der Waals surface area contributed by atoms with Crippen LogP contribution in [0.15, 0.2) is 11.6 Å². The summed E-state index contributed by atoms with van der Waals surface area (Å²) >= 11 is 3.37. The van der Waals surface area contributed by atoms with E-state index >= 15 is 0 Å². The molecular weight excluding hydrogens is 312 g/mol. The van der Waals surface area contributed by atoms with E-state index in [1.165, 1.54) is 14.2 Å². The maximum Gasteiger partial charge on any atom is 0.207 e. The smallest absolute Gasteiger partial charge is 0.207 e. The highest BCUT2D eigenvalue weighted by Gasteiger charge is 2.22. The zero-order valence-electron chi connectivity index (χ0n) is 11.6. The predicted octanol–water partition coefficient (Wildman–Crippen LogP) is 3.31. The second kappa shape index (κ2) is 6.70. The minimum atomic E-state index is -0.00274. The Morgan fingerprint density at radius 2 is 1.68 bits per heavy atom. The quantitative estimate of drug-likeness (QED) is 0.494. The van der Waals surface area contributed by atoms with Crippen molar-refractivity contribution in [3.8, 4) is 23.0 Å². The van der Waals surface area contributed by atoms with Crippen LogP contribution >= 0.6 is 15.9 Å². The molecule has 2 N–H and O–H groups in total. The molecule has 0 radical (unpaired) electrons. The third-order valence-corrected chi connectivity index (χ3v) is 3.89. The average molecular weight is 331 g/mol. The van der Waals surface area contributed by atoms with E-state index in [0.717, 1.165) is 10.9 Å². The molecule has 0 aliphatic heterocycles. The Morgan fingerprint density at radius 3 is 2.16 bits per heavy atom. The Labute approximate surface area is 121 Å². The van der Waals surface area contributed by atoms with Crippen LogP contribution in [0.1, 0.15) is 18.1 Å². The van der Waals surface area contributed by atoms with E-state index < -0.39 is 0 Å². The molecule has 0 unspecified atom stereocenters. The largest absolute Gasteiger partial charge is 0.504 e. The number of phenols is 2. The lowest BCUT2D eigenvalue weighted by atomic mass is 10.0. The Balaban J connectivity index is 3.37. The lowest BCUT2D eigenvalue weighted by molar-refractivity contribution is 0.314. The molecule has 0 fully saturated rings. The summed E-state index contributed by atoms with van der Waals surface area (Å²) in [5.41, 5.74) is 2.37. The summed E-state index contributed by atoms with van der Waals surface area (Å²) in [5.74, 6) is 0.318. The first-order valence-electron chi connectivity index (χ1n) is 5.84. The van der Waals surface area contributed by atoms with Crippen molar-refractivity contribution < 1.29 is 19.7 Å². The standard InChI is InChI=1S/C14H19BrO4/c1-8(7-15)5-6-10-9(2)11(16)13(18-3)14(19-4)12(10)17/h5,16-17H,6-7H2,1-4H3. The van der Waals surface area contributed by atoms with E-state index in [-0.39, 0.29) is 23.0 Å². The van der Waals surface area contributed by atoms with Crippen molar-refractivity contribution in [2.45, 2.75) is 20.3 Å². The number of rotatable bonds is 5. The molecule has 0 aliphatic rings. The molecule has 0 aliphatic carbocycles. The van der Waals surface area contributed by atoms with Crippen molar-refractivity contribution in [1.29, 1.82) is 0 Å². The minimum absolute atomic E-state index is 0.00274. The van der Waals surface area contributed by atoms with Crippen molar-refractivity contribution >= 4 is 15.9 Å². The van der Waals surface area contributed by atoms with Crippen LogP contribution in [-0.4, -0.2) is 29.8 Å². The number of hydrogen-bond donors (Lipinski definition) is 2. The molecule has 0 heterocycles. The van der Waals surface area contributed by atoms with Crippen LogP contribution in [0.4, 0.5) is 0 Å². The van der Waals surface area contributed by atoms with Crippen LogP contribution < -0.4 is 9.47 Å². The van der Waals surface area contributed by atoms with Gasteiger partial charge >= 0.3 is 0 Å². The molecule has 0 saturated carbocycles. The highest BCUT2D eigenvalue weighted by atomic mass is 79.9. The molecule has 0 spiro atoms. The van der Waals surface area contributed by atoms with Crippen LogP contribution in [0.3, 0.4) is 0 Å². The van der Waals surface area contributed by atoms with E-state index in [4.69, 9.17) is 9.47 Å². The minimum Gasteiger partial charge on any atom is -0.504 e. The maximum atomic E-state index is 10.2. The maximum absolute atomic E-state index is 10.2. The molecule has 0 bridgehead atoms. The number of halogens is 1. The van der Waals surface area contributed by atoms with Gasteiger partial charge in [0.05, 0.1) is 14.2 Å². The summed E-state index contributed by atoms with van der Waals surface area (Å²) in [6.45, 7) is 3.73. The first-order valence-corrected chi connectivity index (χ1v) is 6.96. The summed E-state index contributed by atoms with van der Waals surface area (Å²) in [6.07, 6.45) is 2.51. The van der Waals surface area contributed by atoms with Crippen molar-refractivity contribution in [2.75, 3.05) is 19.5 Å². The number of methoxy groups -OCH3 is 2. The van der Waals surface area contributed by atoms with E-state index in [1.54, 1.807) is 6.92 Å². The third-order valence-electron chi connectivity index (χ3n) is 3.00. The first-order chi connectivity index (χ1) is 8.97. The number of ether oxygens (including phenoxy) is 2. The molecule has 1 rings (SSSR count). The Kier molecular flexibility index (Phi) is 5.54. The number of phenolic OH excluding ortho intramolecular Hbond substituents is 2. The summed E-state index contributed by atoms with van der Waals surface area (Å²) in [6, 6.07) is 0. The summed E-state index contributed by atoms with van der Waals surface area (Å²) in [5, 5.41) is 21.1. The van der Waals surface area contributed by atoms with Crippen LogP contribution in [-0.2, 0) is 6.42 Å². The lowest BCUT2D eigenvalue weighted by Crippen LogP contribution is -1.98. The number of allylic oxidation sites excluding steroid dienone is 2. The molecule has 0 atom stereocenters. The monoisotopic (exact) mass is 330 g/mol. The van der Waals surface area contributed by atoms with Gasteiger partial charge in [0.2, 0.25) is 11.5 Å². The van der Waals surface area contributed by atoms with E-state index in [2.05, 4.69) is 15.9 Å². The molecule has 106 valence electrons. The summed E-state index contributed by atoms with van der Waals surface area (Å²) < 4.78 is 10.2. The number of benzene rings is 1. The van der Waals surface area contributed by atoms with Crippen LogP contribution in [0.5, 0.6) is 23.0 Å². The van der Waals surface area contributed by atoms with Gasteiger partial charge in [-0.3, -0.25) is 0 Å². The van der Waals surface area contributed by atoms with Gasteiger partial charge in [0, 0.05) is 16.5 Å². The van der Waals surface area contributed by atoms with Gasteiger partial charge in [-0.2, -0.15) is 0 Å². The molecule has 0 amide bonds. The molecule has 4 nitrogen and oxygen atoms in total. The molecule has 1 aromatic carbocycles. The number of alkyl halides is 1. The summed E-state index contributed by atoms with van der Waals surface area (Å²) in [7, 11) is 2.85. The van der Waals surface area contributed by atoms with Gasteiger partial charge in [-0.1, -0.05) is 27.6 Å². The van der Waals surface area contributed by atoms with E-state index in [9.17, 15) is 10.2 Å². The zero-order chi connectivity index (χ0) is 14.6. The summed E-state index contributed by atoms with van der Waals surface area (Å²) in [4.78, 5) is 0. The van der Waals surface area contributed by atoms with Crippen LogP contribution in [0, 0.1) is 6.92 Å². The topological polar surface area (TPSA) is 58.9 Å². The van der Waals surface area contributed by atoms with Gasteiger partial charge in [0.1, 0.15) is 0 Å². The van der Waals surface area contributed by atoms with E-state index in [1.807, 2.05) is 13.0 Å². The van der Waals surface area contributed by atoms with Gasteiger partial charge in [-0.15, -0.1) is 0 Å². The van der Waals surface area contributed by atoms with Crippen molar-refractivity contribution in [2.24, 2.45) is 0 Å². The molecular formula is C14H19BrO4. The van der Waals surface area contributed by atoms with Gasteiger partial charge in [0.15, 0.2) is 11.5 Å². The molecule has 5 heteroatoms. The molecule has 0 aromatic heterocycles. The third kappa shape index (κ3) is 3.15. The van der Waals surface area contributed by atoms with Gasteiger partial charge in [0.25, 0.3) is 0 Å². The second-order valence-electron chi connectivity index (χ2n) is 4.26. The number of aromatic hydroxyl groups is 2. The second-order valence-corrected chi connectivity index (χ2v) is 4.82. The highest BCUT2D eigenvalue weighted by molar-refractivity contribution is 9.09. The zero-order valence-corrected chi connectivity index (χ0v) is 13.2. The Morgan fingerprint density at radius 1 is 1.16 bits per heavy atom. The van der Waals surface area contributed by atoms with E-state index in [0.29, 0.717) is 17.5 Å². The van der Waals surface area contributed by atoms with Crippen molar-refractivity contribution in [3.63, 3.8) is 0 Å². The van der Waals surface area contributed by atoms with Gasteiger partial charge in [-0.25, -0.2) is 0 Å². The lowest BCUT2D eigenvalue weighted by Gasteiger charge is -2.17. The van der Waals surface area contributed by atoms with Crippen LogP contribution in [0.25, 0.3) is 0 Å². The fourth-order valence-corrected chi connectivity index (χ4v) is 2.03. The molecule has 0 saturated heterocycles. The number of hydrogen-bond acceptors (Lipinski definition) is 4.